The SMILES string of the molecule is COc1ccc(S(=O)(=O)Nc2cc3c(cc2Oc2cccc(OCCCCN(C)C)c2)n(C)c(=O)n3C)cc1OC. The number of unbranched alkanes of at least 4 members (excludes halogenated alkanes) is 1. The summed E-state index contributed by atoms with van der Waals surface area (Å²) in [6.07, 6.45) is 1.92. The molecule has 0 radical (unpaired) electrons. The van der Waals surface area contributed by atoms with Crippen molar-refractivity contribution < 1.29 is 27.4 Å². The standard InChI is InChI=1S/C29H36N4O7S/c1-31(2)14-7-8-15-39-20-10-9-11-21(16-20)40-27-19-25-24(32(3)29(34)33(25)4)18-23(27)30-41(35,36)22-12-13-26(37-5)28(17-22)38-6/h9-13,16-19,30H,7-8,14-15H2,1-6H3. The van der Waals surface area contributed by atoms with Gasteiger partial charge < -0.3 is 23.8 Å². The molecule has 3 aromatic carbocycles. The van der Waals surface area contributed by atoms with Gasteiger partial charge in [-0.2, -0.15) is 0 Å². The number of rotatable bonds is 13. The maximum atomic E-state index is 13.5. The van der Waals surface area contributed by atoms with Crippen molar-refractivity contribution >= 4 is 26.7 Å². The van der Waals surface area contributed by atoms with E-state index in [4.69, 9.17) is 18.9 Å². The molecule has 0 spiro atoms. The molecule has 0 aliphatic heterocycles. The van der Waals surface area contributed by atoms with Crippen LogP contribution in [-0.4, -0.2) is 63.9 Å². The molecule has 220 valence electrons. The summed E-state index contributed by atoms with van der Waals surface area (Å²) in [7, 11) is 6.15. The van der Waals surface area contributed by atoms with Crippen molar-refractivity contribution in [2.75, 3.05) is 46.2 Å². The predicted molar refractivity (Wildman–Crippen MR) is 158 cm³/mol. The van der Waals surface area contributed by atoms with Gasteiger partial charge in [0.1, 0.15) is 11.5 Å². The number of ether oxygens (including phenoxy) is 4. The lowest BCUT2D eigenvalue weighted by molar-refractivity contribution is 0.292. The van der Waals surface area contributed by atoms with Gasteiger partial charge in [-0.15, -0.1) is 0 Å². The van der Waals surface area contributed by atoms with E-state index in [9.17, 15) is 13.2 Å². The van der Waals surface area contributed by atoms with E-state index in [0.29, 0.717) is 34.9 Å². The third-order valence-electron chi connectivity index (χ3n) is 6.58. The molecule has 0 atom stereocenters. The molecule has 1 N–H and O–H groups in total. The fourth-order valence-electron chi connectivity index (χ4n) is 4.35. The van der Waals surface area contributed by atoms with Crippen LogP contribution in [-0.2, 0) is 24.1 Å². The van der Waals surface area contributed by atoms with Crippen LogP contribution >= 0.6 is 0 Å². The summed E-state index contributed by atoms with van der Waals surface area (Å²) in [4.78, 5) is 14.7. The number of sulfonamides is 1. The molecule has 4 aromatic rings. The molecule has 0 amide bonds. The zero-order valence-corrected chi connectivity index (χ0v) is 24.9. The Kier molecular flexibility index (Phi) is 9.14. The first-order chi connectivity index (χ1) is 19.5. The van der Waals surface area contributed by atoms with Crippen molar-refractivity contribution in [2.24, 2.45) is 14.1 Å². The second-order valence-corrected chi connectivity index (χ2v) is 11.5. The number of fused-ring (bicyclic) bond motifs is 1. The minimum absolute atomic E-state index is 0.0344. The average molecular weight is 585 g/mol. The van der Waals surface area contributed by atoms with Gasteiger partial charge in [0.15, 0.2) is 17.2 Å². The topological polar surface area (TPSA) is 113 Å². The summed E-state index contributed by atoms with van der Waals surface area (Å²) in [6.45, 7) is 1.55. The van der Waals surface area contributed by atoms with E-state index in [2.05, 4.69) is 9.62 Å². The van der Waals surface area contributed by atoms with Crippen LogP contribution in [0.3, 0.4) is 0 Å². The maximum Gasteiger partial charge on any atom is 0.328 e. The Bertz CT molecular complexity index is 1690. The molecule has 0 aliphatic rings. The summed E-state index contributed by atoms with van der Waals surface area (Å²) < 4.78 is 55.1. The van der Waals surface area contributed by atoms with E-state index in [0.717, 1.165) is 19.4 Å². The van der Waals surface area contributed by atoms with Crippen LogP contribution in [0, 0.1) is 0 Å². The fourth-order valence-corrected chi connectivity index (χ4v) is 5.43. The predicted octanol–water partition coefficient (Wildman–Crippen LogP) is 4.21. The van der Waals surface area contributed by atoms with Crippen LogP contribution in [0.15, 0.2) is 64.3 Å². The van der Waals surface area contributed by atoms with E-state index >= 15 is 0 Å². The molecule has 1 aromatic heterocycles. The van der Waals surface area contributed by atoms with Gasteiger partial charge >= 0.3 is 5.69 Å². The quantitative estimate of drug-likeness (QED) is 0.233. The third-order valence-corrected chi connectivity index (χ3v) is 7.95. The fraction of sp³-hybridized carbons (Fsp3) is 0.345. The summed E-state index contributed by atoms with van der Waals surface area (Å²) in [5, 5.41) is 0. The minimum atomic E-state index is -4.09. The number of methoxy groups -OCH3 is 2. The van der Waals surface area contributed by atoms with Gasteiger partial charge in [0.05, 0.1) is 42.4 Å². The van der Waals surface area contributed by atoms with E-state index < -0.39 is 10.0 Å². The zero-order chi connectivity index (χ0) is 29.7. The molecule has 0 saturated heterocycles. The highest BCUT2D eigenvalue weighted by Gasteiger charge is 2.22. The van der Waals surface area contributed by atoms with E-state index in [1.807, 2.05) is 20.2 Å². The lowest BCUT2D eigenvalue weighted by atomic mass is 10.2. The summed E-state index contributed by atoms with van der Waals surface area (Å²) >= 11 is 0. The molecule has 0 fully saturated rings. The Labute approximate surface area is 239 Å². The average Bonchev–Trinajstić information content (AvgIpc) is 3.15. The second-order valence-electron chi connectivity index (χ2n) is 9.80. The first-order valence-corrected chi connectivity index (χ1v) is 14.5. The maximum absolute atomic E-state index is 13.5. The van der Waals surface area contributed by atoms with Gasteiger partial charge in [0.2, 0.25) is 0 Å². The highest BCUT2D eigenvalue weighted by Crippen LogP contribution is 2.37. The van der Waals surface area contributed by atoms with Crippen molar-refractivity contribution in [1.82, 2.24) is 14.0 Å². The molecule has 0 aliphatic carbocycles. The number of imidazole rings is 1. The summed E-state index contributed by atoms with van der Waals surface area (Å²) in [5.41, 5.74) is 1.01. The number of hydrogen-bond donors (Lipinski definition) is 1. The van der Waals surface area contributed by atoms with Crippen LogP contribution < -0.4 is 29.4 Å². The van der Waals surface area contributed by atoms with Gasteiger partial charge in [0, 0.05) is 32.3 Å². The van der Waals surface area contributed by atoms with Crippen molar-refractivity contribution in [3.05, 3.63) is 65.1 Å². The van der Waals surface area contributed by atoms with Crippen LogP contribution in [0.2, 0.25) is 0 Å². The van der Waals surface area contributed by atoms with Crippen LogP contribution in [0.1, 0.15) is 12.8 Å². The molecule has 11 nitrogen and oxygen atoms in total. The monoisotopic (exact) mass is 584 g/mol. The smallest absolute Gasteiger partial charge is 0.328 e. The molecule has 12 heteroatoms. The van der Waals surface area contributed by atoms with E-state index in [-0.39, 0.29) is 27.8 Å². The Morgan fingerprint density at radius 3 is 2.20 bits per heavy atom. The van der Waals surface area contributed by atoms with Crippen LogP contribution in [0.5, 0.6) is 28.7 Å². The number of benzene rings is 3. The van der Waals surface area contributed by atoms with Gasteiger partial charge in [-0.05, 0) is 63.8 Å². The van der Waals surface area contributed by atoms with Gasteiger partial charge in [-0.25, -0.2) is 13.2 Å². The number of aromatic nitrogens is 2. The molecular formula is C29H36N4O7S. The minimum Gasteiger partial charge on any atom is -0.493 e. The number of nitrogens with zero attached hydrogens (tertiary/aromatic N) is 3. The second kappa shape index (κ2) is 12.6. The zero-order valence-electron chi connectivity index (χ0n) is 24.1. The highest BCUT2D eigenvalue weighted by molar-refractivity contribution is 7.92. The molecule has 0 bridgehead atoms. The largest absolute Gasteiger partial charge is 0.493 e. The van der Waals surface area contributed by atoms with E-state index in [1.54, 1.807) is 44.4 Å². The lowest BCUT2D eigenvalue weighted by Crippen LogP contribution is -2.19. The van der Waals surface area contributed by atoms with Gasteiger partial charge in [-0.1, -0.05) is 6.07 Å². The Morgan fingerprint density at radius 1 is 0.829 bits per heavy atom. The van der Waals surface area contributed by atoms with E-state index in [1.165, 1.54) is 41.6 Å². The molecule has 4 rings (SSSR count). The van der Waals surface area contributed by atoms with Crippen molar-refractivity contribution in [3.8, 4) is 28.7 Å². The Hall–Kier alpha value is -4.16. The molecule has 41 heavy (non-hydrogen) atoms. The number of aryl methyl sites for hydroxylation is 2. The summed E-state index contributed by atoms with van der Waals surface area (Å²) in [5.74, 6) is 1.96. The van der Waals surface area contributed by atoms with Crippen molar-refractivity contribution in [2.45, 2.75) is 17.7 Å². The van der Waals surface area contributed by atoms with Crippen LogP contribution in [0.4, 0.5) is 5.69 Å². The Morgan fingerprint density at radius 2 is 1.51 bits per heavy atom. The normalized spacial score (nSPS) is 11.6. The van der Waals surface area contributed by atoms with Gasteiger partial charge in [-0.3, -0.25) is 13.9 Å². The first-order valence-electron chi connectivity index (χ1n) is 13.0. The number of anilines is 1. The molecular weight excluding hydrogens is 548 g/mol. The number of nitrogens with one attached hydrogen (secondary N) is 1. The van der Waals surface area contributed by atoms with Gasteiger partial charge in [0.25, 0.3) is 10.0 Å². The molecule has 0 saturated carbocycles. The van der Waals surface area contributed by atoms with Crippen LogP contribution in [0.25, 0.3) is 11.0 Å². The molecule has 1 heterocycles. The van der Waals surface area contributed by atoms with Crippen molar-refractivity contribution in [1.29, 1.82) is 0 Å². The molecule has 0 unspecified atom stereocenters. The first kappa shape index (κ1) is 29.8. The van der Waals surface area contributed by atoms with Crippen molar-refractivity contribution in [3.63, 3.8) is 0 Å². The third kappa shape index (κ3) is 6.77. The summed E-state index contributed by atoms with van der Waals surface area (Å²) in [6, 6.07) is 14.7. The Balaban J connectivity index is 1.67. The lowest BCUT2D eigenvalue weighted by Gasteiger charge is -2.16. The number of hydrogen-bond acceptors (Lipinski definition) is 8. The highest BCUT2D eigenvalue weighted by atomic mass is 32.2.